The Labute approximate surface area is 124 Å². The summed E-state index contributed by atoms with van der Waals surface area (Å²) in [5, 5.41) is 2.70. The highest BCUT2D eigenvalue weighted by molar-refractivity contribution is 5.85. The smallest absolute Gasteiger partial charge is 0.412 e. The highest BCUT2D eigenvalue weighted by atomic mass is 16.6. The minimum atomic E-state index is -0.697. The van der Waals surface area contributed by atoms with Crippen LogP contribution >= 0.6 is 0 Å². The van der Waals surface area contributed by atoms with E-state index in [1.165, 1.54) is 0 Å². The van der Waals surface area contributed by atoms with Gasteiger partial charge in [0.15, 0.2) is 0 Å². The van der Waals surface area contributed by atoms with Crippen molar-refractivity contribution in [1.29, 1.82) is 0 Å². The van der Waals surface area contributed by atoms with E-state index < -0.39 is 11.7 Å². The lowest BCUT2D eigenvalue weighted by atomic mass is 9.98. The SMILES string of the molecule is COc1ccc(NC(=O)OC(C)(C)c2ccccc2)cc1. The van der Waals surface area contributed by atoms with Gasteiger partial charge in [0.25, 0.3) is 0 Å². The van der Waals surface area contributed by atoms with E-state index in [0.29, 0.717) is 5.69 Å². The zero-order valence-corrected chi connectivity index (χ0v) is 12.4. The van der Waals surface area contributed by atoms with Gasteiger partial charge in [-0.15, -0.1) is 0 Å². The fourth-order valence-corrected chi connectivity index (χ4v) is 1.95. The van der Waals surface area contributed by atoms with Crippen molar-refractivity contribution in [2.75, 3.05) is 12.4 Å². The summed E-state index contributed by atoms with van der Waals surface area (Å²) in [5.74, 6) is 0.735. The van der Waals surface area contributed by atoms with Crippen LogP contribution in [0.3, 0.4) is 0 Å². The molecule has 0 saturated carbocycles. The molecule has 1 N–H and O–H groups in total. The lowest BCUT2D eigenvalue weighted by molar-refractivity contribution is 0.0466. The Morgan fingerprint density at radius 3 is 2.19 bits per heavy atom. The number of ether oxygens (including phenoxy) is 2. The molecule has 4 nitrogen and oxygen atoms in total. The third kappa shape index (κ3) is 3.99. The Bertz CT molecular complexity index is 591. The summed E-state index contributed by atoms with van der Waals surface area (Å²) in [6.07, 6.45) is -0.492. The minimum absolute atomic E-state index is 0.492. The van der Waals surface area contributed by atoms with Crippen LogP contribution in [0, 0.1) is 0 Å². The lowest BCUT2D eigenvalue weighted by Gasteiger charge is -2.25. The maximum Gasteiger partial charge on any atom is 0.412 e. The van der Waals surface area contributed by atoms with E-state index >= 15 is 0 Å². The zero-order chi connectivity index (χ0) is 15.3. The average Bonchev–Trinajstić information content (AvgIpc) is 2.48. The maximum atomic E-state index is 12.0. The van der Waals surface area contributed by atoms with E-state index in [-0.39, 0.29) is 0 Å². The van der Waals surface area contributed by atoms with Crippen LogP contribution in [0.4, 0.5) is 10.5 Å². The molecule has 2 aromatic carbocycles. The van der Waals surface area contributed by atoms with Gasteiger partial charge in [0.05, 0.1) is 7.11 Å². The fourth-order valence-electron chi connectivity index (χ4n) is 1.95. The summed E-state index contributed by atoms with van der Waals surface area (Å²) in [6, 6.07) is 16.7. The predicted octanol–water partition coefficient (Wildman–Crippen LogP) is 4.18. The number of anilines is 1. The third-order valence-corrected chi connectivity index (χ3v) is 3.15. The Morgan fingerprint density at radius 2 is 1.62 bits per heavy atom. The van der Waals surface area contributed by atoms with Gasteiger partial charge in [-0.1, -0.05) is 30.3 Å². The number of benzene rings is 2. The van der Waals surface area contributed by atoms with E-state index in [0.717, 1.165) is 11.3 Å². The number of carbonyl (C=O) groups is 1. The third-order valence-electron chi connectivity index (χ3n) is 3.15. The van der Waals surface area contributed by atoms with Gasteiger partial charge in [0.2, 0.25) is 0 Å². The van der Waals surface area contributed by atoms with Crippen LogP contribution in [0.1, 0.15) is 19.4 Å². The van der Waals surface area contributed by atoms with Crippen LogP contribution in [-0.4, -0.2) is 13.2 Å². The number of amides is 1. The molecule has 0 radical (unpaired) electrons. The average molecular weight is 285 g/mol. The van der Waals surface area contributed by atoms with Crippen molar-refractivity contribution in [3.63, 3.8) is 0 Å². The first kappa shape index (κ1) is 14.9. The zero-order valence-electron chi connectivity index (χ0n) is 12.4. The van der Waals surface area contributed by atoms with Crippen molar-refractivity contribution in [1.82, 2.24) is 0 Å². The van der Waals surface area contributed by atoms with Crippen molar-refractivity contribution in [3.05, 3.63) is 60.2 Å². The van der Waals surface area contributed by atoms with Gasteiger partial charge in [-0.25, -0.2) is 4.79 Å². The van der Waals surface area contributed by atoms with Gasteiger partial charge in [-0.2, -0.15) is 0 Å². The first-order valence-electron chi connectivity index (χ1n) is 6.71. The van der Waals surface area contributed by atoms with Gasteiger partial charge >= 0.3 is 6.09 Å². The van der Waals surface area contributed by atoms with Gasteiger partial charge < -0.3 is 9.47 Å². The molecule has 0 aliphatic heterocycles. The predicted molar refractivity (Wildman–Crippen MR) is 82.6 cm³/mol. The number of rotatable bonds is 4. The van der Waals surface area contributed by atoms with E-state index in [2.05, 4.69) is 5.32 Å². The first-order valence-corrected chi connectivity index (χ1v) is 6.71. The largest absolute Gasteiger partial charge is 0.497 e. The summed E-state index contributed by atoms with van der Waals surface area (Å²) in [7, 11) is 1.60. The van der Waals surface area contributed by atoms with Crippen molar-refractivity contribution in [2.24, 2.45) is 0 Å². The molecule has 2 rings (SSSR count). The molecule has 110 valence electrons. The molecule has 0 aliphatic carbocycles. The summed E-state index contributed by atoms with van der Waals surface area (Å²) >= 11 is 0. The number of carbonyl (C=O) groups excluding carboxylic acids is 1. The minimum Gasteiger partial charge on any atom is -0.497 e. The molecule has 0 bridgehead atoms. The van der Waals surface area contributed by atoms with Crippen molar-refractivity contribution in [2.45, 2.75) is 19.4 Å². The maximum absolute atomic E-state index is 12.0. The second-order valence-corrected chi connectivity index (χ2v) is 5.12. The summed E-state index contributed by atoms with van der Waals surface area (Å²) in [5.41, 5.74) is 0.900. The number of hydrogen-bond donors (Lipinski definition) is 1. The van der Waals surface area contributed by atoms with Crippen LogP contribution in [0.5, 0.6) is 5.75 Å². The summed E-state index contributed by atoms with van der Waals surface area (Å²) in [6.45, 7) is 3.71. The topological polar surface area (TPSA) is 47.6 Å². The number of nitrogens with one attached hydrogen (secondary N) is 1. The van der Waals surface area contributed by atoms with E-state index in [9.17, 15) is 4.79 Å². The fraction of sp³-hybridized carbons (Fsp3) is 0.235. The van der Waals surface area contributed by atoms with Gasteiger partial charge in [0, 0.05) is 5.69 Å². The molecule has 1 amide bonds. The molecule has 0 aliphatic rings. The van der Waals surface area contributed by atoms with E-state index in [1.807, 2.05) is 44.2 Å². The van der Waals surface area contributed by atoms with Crippen molar-refractivity contribution in [3.8, 4) is 5.75 Å². The molecule has 0 unspecified atom stereocenters. The van der Waals surface area contributed by atoms with Crippen molar-refractivity contribution >= 4 is 11.8 Å². The second kappa shape index (κ2) is 6.31. The van der Waals surface area contributed by atoms with Crippen molar-refractivity contribution < 1.29 is 14.3 Å². The Balaban J connectivity index is 2.00. The van der Waals surface area contributed by atoms with Crippen LogP contribution < -0.4 is 10.1 Å². The highest BCUT2D eigenvalue weighted by Gasteiger charge is 2.25. The molecule has 0 saturated heterocycles. The summed E-state index contributed by atoms with van der Waals surface area (Å²) in [4.78, 5) is 12.0. The molecule has 4 heteroatoms. The van der Waals surface area contributed by atoms with Crippen LogP contribution in [-0.2, 0) is 10.3 Å². The number of methoxy groups -OCH3 is 1. The Morgan fingerprint density at radius 1 is 1.00 bits per heavy atom. The Hall–Kier alpha value is -2.49. The normalized spacial score (nSPS) is 10.8. The van der Waals surface area contributed by atoms with Crippen LogP contribution in [0.25, 0.3) is 0 Å². The standard InChI is InChI=1S/C17H19NO3/c1-17(2,13-7-5-4-6-8-13)21-16(19)18-14-9-11-15(20-3)12-10-14/h4-12H,1-3H3,(H,18,19). The highest BCUT2D eigenvalue weighted by Crippen LogP contribution is 2.25. The van der Waals surface area contributed by atoms with E-state index in [1.54, 1.807) is 31.4 Å². The summed E-state index contributed by atoms with van der Waals surface area (Å²) < 4.78 is 10.6. The lowest BCUT2D eigenvalue weighted by Crippen LogP contribution is -2.28. The van der Waals surface area contributed by atoms with Gasteiger partial charge in [0.1, 0.15) is 11.4 Å². The molecule has 0 heterocycles. The van der Waals surface area contributed by atoms with Crippen LogP contribution in [0.15, 0.2) is 54.6 Å². The molecule has 0 atom stereocenters. The molecule has 0 aromatic heterocycles. The van der Waals surface area contributed by atoms with Crippen LogP contribution in [0.2, 0.25) is 0 Å². The molecule has 0 fully saturated rings. The first-order chi connectivity index (χ1) is 10.0. The Kier molecular flexibility index (Phi) is 4.48. The monoisotopic (exact) mass is 285 g/mol. The molecule has 21 heavy (non-hydrogen) atoms. The molecule has 0 spiro atoms. The molecular formula is C17H19NO3. The molecule has 2 aromatic rings. The van der Waals surface area contributed by atoms with Gasteiger partial charge in [-0.3, -0.25) is 5.32 Å². The quantitative estimate of drug-likeness (QED) is 0.916. The molecular weight excluding hydrogens is 266 g/mol. The second-order valence-electron chi connectivity index (χ2n) is 5.12. The number of hydrogen-bond acceptors (Lipinski definition) is 3. The van der Waals surface area contributed by atoms with E-state index in [4.69, 9.17) is 9.47 Å². The van der Waals surface area contributed by atoms with Gasteiger partial charge in [-0.05, 0) is 43.7 Å².